The molecule has 1 fully saturated rings. The van der Waals surface area contributed by atoms with E-state index < -0.39 is 0 Å². The summed E-state index contributed by atoms with van der Waals surface area (Å²) in [4.78, 5) is 4.20. The number of nitrogens with one attached hydrogen (secondary N) is 1. The number of pyridine rings is 1. The minimum absolute atomic E-state index is 0.190. The zero-order valence-electron chi connectivity index (χ0n) is 11.9. The molecule has 2 rings (SSSR count). The third-order valence-corrected chi connectivity index (χ3v) is 4.46. The molecule has 3 N–H and O–H groups in total. The third-order valence-electron chi connectivity index (χ3n) is 4.03. The van der Waals surface area contributed by atoms with E-state index in [0.717, 1.165) is 35.6 Å². The molecule has 5 heteroatoms. The van der Waals surface area contributed by atoms with Crippen LogP contribution in [0.15, 0.2) is 22.9 Å². The Kier molecular flexibility index (Phi) is 6.93. The lowest BCUT2D eigenvalue weighted by Crippen LogP contribution is -2.28. The summed E-state index contributed by atoms with van der Waals surface area (Å²) in [6.45, 7) is 1.89. The molecule has 0 aromatic carbocycles. The molecule has 0 amide bonds. The van der Waals surface area contributed by atoms with Crippen LogP contribution in [0.4, 0.5) is 0 Å². The maximum atomic E-state index is 5.67. The Bertz CT molecular complexity index is 396. The van der Waals surface area contributed by atoms with Gasteiger partial charge in [0.25, 0.3) is 0 Å². The van der Waals surface area contributed by atoms with Gasteiger partial charge in [0.2, 0.25) is 0 Å². The largest absolute Gasteiger partial charge is 0.381 e. The first-order chi connectivity index (χ1) is 9.79. The van der Waals surface area contributed by atoms with Gasteiger partial charge in [0.15, 0.2) is 0 Å². The lowest BCUT2D eigenvalue weighted by molar-refractivity contribution is 0.0630. The Morgan fingerprint density at radius 2 is 2.15 bits per heavy atom. The first kappa shape index (κ1) is 15.9. The molecule has 0 radical (unpaired) electrons. The predicted octanol–water partition coefficient (Wildman–Crippen LogP) is 3.34. The van der Waals surface area contributed by atoms with E-state index in [1.165, 1.54) is 32.1 Å². The van der Waals surface area contributed by atoms with E-state index in [-0.39, 0.29) is 6.04 Å². The summed E-state index contributed by atoms with van der Waals surface area (Å²) in [6.07, 6.45) is 11.0. The second kappa shape index (κ2) is 8.72. The van der Waals surface area contributed by atoms with Crippen LogP contribution in [0, 0.1) is 5.92 Å². The van der Waals surface area contributed by atoms with Crippen molar-refractivity contribution >= 4 is 15.9 Å². The Morgan fingerprint density at radius 3 is 2.85 bits per heavy atom. The summed E-state index contributed by atoms with van der Waals surface area (Å²) in [5.41, 5.74) is 4.05. The number of halogens is 1. The van der Waals surface area contributed by atoms with Crippen molar-refractivity contribution in [3.8, 4) is 0 Å². The monoisotopic (exact) mass is 341 g/mol. The third kappa shape index (κ3) is 5.13. The van der Waals surface area contributed by atoms with Gasteiger partial charge in [0.05, 0.1) is 0 Å². The van der Waals surface area contributed by atoms with E-state index in [0.29, 0.717) is 0 Å². The van der Waals surface area contributed by atoms with Crippen molar-refractivity contribution in [1.29, 1.82) is 0 Å². The van der Waals surface area contributed by atoms with Crippen molar-refractivity contribution in [1.82, 2.24) is 10.4 Å². The molecule has 1 saturated heterocycles. The van der Waals surface area contributed by atoms with E-state index in [4.69, 9.17) is 10.6 Å². The van der Waals surface area contributed by atoms with Crippen LogP contribution in [0.3, 0.4) is 0 Å². The van der Waals surface area contributed by atoms with Gasteiger partial charge >= 0.3 is 0 Å². The Morgan fingerprint density at radius 1 is 1.35 bits per heavy atom. The van der Waals surface area contributed by atoms with E-state index >= 15 is 0 Å². The normalized spacial score (nSPS) is 18.1. The van der Waals surface area contributed by atoms with E-state index in [2.05, 4.69) is 32.4 Å². The zero-order valence-corrected chi connectivity index (χ0v) is 13.4. The first-order valence-corrected chi connectivity index (χ1v) is 8.23. The first-order valence-electron chi connectivity index (χ1n) is 7.44. The molecule has 112 valence electrons. The maximum absolute atomic E-state index is 5.67. The second-order valence-electron chi connectivity index (χ2n) is 5.50. The van der Waals surface area contributed by atoms with Gasteiger partial charge in [-0.05, 0) is 52.7 Å². The molecule has 20 heavy (non-hydrogen) atoms. The van der Waals surface area contributed by atoms with Crippen LogP contribution < -0.4 is 11.3 Å². The van der Waals surface area contributed by atoms with Crippen LogP contribution in [0.1, 0.15) is 50.1 Å². The highest BCUT2D eigenvalue weighted by molar-refractivity contribution is 9.10. The summed E-state index contributed by atoms with van der Waals surface area (Å²) in [6, 6.07) is 2.27. The Labute approximate surface area is 129 Å². The van der Waals surface area contributed by atoms with Gasteiger partial charge in [-0.15, -0.1) is 0 Å². The molecule has 1 aromatic heterocycles. The van der Waals surface area contributed by atoms with Gasteiger partial charge in [0.1, 0.15) is 0 Å². The van der Waals surface area contributed by atoms with Crippen LogP contribution in [-0.4, -0.2) is 18.2 Å². The Hall–Kier alpha value is -0.490. The van der Waals surface area contributed by atoms with Crippen molar-refractivity contribution in [3.63, 3.8) is 0 Å². The van der Waals surface area contributed by atoms with Crippen LogP contribution in [0.2, 0.25) is 0 Å². The molecule has 1 aromatic rings. The van der Waals surface area contributed by atoms with Gasteiger partial charge in [0, 0.05) is 36.1 Å². The lowest BCUT2D eigenvalue weighted by Gasteiger charge is -2.22. The lowest BCUT2D eigenvalue weighted by atomic mass is 9.93. The molecule has 1 aliphatic heterocycles. The van der Waals surface area contributed by atoms with Crippen molar-refractivity contribution in [2.75, 3.05) is 13.2 Å². The average Bonchev–Trinajstić information content (AvgIpc) is 2.48. The molecule has 2 heterocycles. The van der Waals surface area contributed by atoms with Crippen molar-refractivity contribution in [2.24, 2.45) is 11.8 Å². The molecule has 4 nitrogen and oxygen atoms in total. The number of hydrogen-bond donors (Lipinski definition) is 2. The van der Waals surface area contributed by atoms with E-state index in [1.54, 1.807) is 6.20 Å². The molecule has 0 spiro atoms. The molecule has 0 bridgehead atoms. The minimum atomic E-state index is 0.190. The smallest absolute Gasteiger partial charge is 0.0475 e. The van der Waals surface area contributed by atoms with Crippen LogP contribution in [-0.2, 0) is 4.74 Å². The number of unbranched alkanes of at least 4 members (excludes halogenated alkanes) is 1. The molecule has 1 aliphatic rings. The fraction of sp³-hybridized carbons (Fsp3) is 0.667. The number of hydrogen-bond acceptors (Lipinski definition) is 4. The standard InChI is InChI=1S/C15H24BrN3O/c16-14-9-13(10-18-11-14)15(19-17)4-2-1-3-12-5-7-20-8-6-12/h9-12,15,19H,1-8,17H2. The number of ether oxygens (including phenoxy) is 1. The van der Waals surface area contributed by atoms with Crippen LogP contribution in [0.5, 0.6) is 0 Å². The van der Waals surface area contributed by atoms with Gasteiger partial charge < -0.3 is 4.74 Å². The summed E-state index contributed by atoms with van der Waals surface area (Å²) in [5.74, 6) is 6.53. The van der Waals surface area contributed by atoms with Crippen LogP contribution in [0.25, 0.3) is 0 Å². The van der Waals surface area contributed by atoms with Crippen molar-refractivity contribution in [3.05, 3.63) is 28.5 Å². The number of aromatic nitrogens is 1. The summed E-state index contributed by atoms with van der Waals surface area (Å²) < 4.78 is 6.39. The van der Waals surface area contributed by atoms with Gasteiger partial charge in [-0.2, -0.15) is 0 Å². The predicted molar refractivity (Wildman–Crippen MR) is 84.0 cm³/mol. The topological polar surface area (TPSA) is 60.2 Å². The van der Waals surface area contributed by atoms with Gasteiger partial charge in [-0.25, -0.2) is 0 Å². The number of nitrogens with two attached hydrogens (primary N) is 1. The molecular weight excluding hydrogens is 318 g/mol. The highest BCUT2D eigenvalue weighted by atomic mass is 79.9. The molecule has 0 aliphatic carbocycles. The van der Waals surface area contributed by atoms with Crippen molar-refractivity contribution < 1.29 is 4.74 Å². The maximum Gasteiger partial charge on any atom is 0.0475 e. The van der Waals surface area contributed by atoms with Crippen molar-refractivity contribution in [2.45, 2.75) is 44.6 Å². The molecular formula is C15H24BrN3O. The number of nitrogens with zero attached hydrogens (tertiary/aromatic N) is 1. The fourth-order valence-electron chi connectivity index (χ4n) is 2.78. The van der Waals surface area contributed by atoms with E-state index in [9.17, 15) is 0 Å². The molecule has 1 atom stereocenters. The van der Waals surface area contributed by atoms with E-state index in [1.807, 2.05) is 6.20 Å². The Balaban J connectivity index is 1.71. The quantitative estimate of drug-likeness (QED) is 0.453. The highest BCUT2D eigenvalue weighted by Crippen LogP contribution is 2.24. The van der Waals surface area contributed by atoms with Gasteiger partial charge in [-0.3, -0.25) is 16.3 Å². The summed E-state index contributed by atoms with van der Waals surface area (Å²) in [7, 11) is 0. The van der Waals surface area contributed by atoms with Gasteiger partial charge in [-0.1, -0.05) is 19.3 Å². The van der Waals surface area contributed by atoms with Crippen LogP contribution >= 0.6 is 15.9 Å². The summed E-state index contributed by atoms with van der Waals surface area (Å²) >= 11 is 3.45. The summed E-state index contributed by atoms with van der Waals surface area (Å²) in [5, 5.41) is 0. The fourth-order valence-corrected chi connectivity index (χ4v) is 3.16. The number of rotatable bonds is 7. The number of hydrazine groups is 1. The SMILES string of the molecule is NNC(CCCCC1CCOCC1)c1cncc(Br)c1. The second-order valence-corrected chi connectivity index (χ2v) is 6.41. The average molecular weight is 342 g/mol. The molecule has 1 unspecified atom stereocenters. The molecule has 0 saturated carbocycles. The zero-order chi connectivity index (χ0) is 14.2. The minimum Gasteiger partial charge on any atom is -0.381 e. The highest BCUT2D eigenvalue weighted by Gasteiger charge is 2.14.